The highest BCUT2D eigenvalue weighted by atomic mass is 35.5. The van der Waals surface area contributed by atoms with Crippen molar-refractivity contribution in [3.63, 3.8) is 0 Å². The van der Waals surface area contributed by atoms with Gasteiger partial charge in [-0.05, 0) is 43.3 Å². The van der Waals surface area contributed by atoms with E-state index in [1.165, 1.54) is 0 Å². The average Bonchev–Trinajstić information content (AvgIpc) is 3.06. The van der Waals surface area contributed by atoms with Crippen molar-refractivity contribution >= 4 is 33.5 Å². The largest absolute Gasteiger partial charge is 0.497 e. The molecule has 0 fully saturated rings. The molecule has 0 atom stereocenters. The zero-order valence-corrected chi connectivity index (χ0v) is 17.2. The van der Waals surface area contributed by atoms with Crippen molar-refractivity contribution in [1.29, 1.82) is 0 Å². The van der Waals surface area contributed by atoms with Gasteiger partial charge in [0.05, 0.1) is 46.3 Å². The average molecular weight is 416 g/mol. The fourth-order valence-corrected chi connectivity index (χ4v) is 4.06. The van der Waals surface area contributed by atoms with Gasteiger partial charge >= 0.3 is 5.69 Å². The van der Waals surface area contributed by atoms with Gasteiger partial charge in [0.2, 0.25) is 0 Å². The second kappa shape index (κ2) is 7.04. The molecule has 0 bridgehead atoms. The van der Waals surface area contributed by atoms with Crippen molar-refractivity contribution < 1.29 is 4.74 Å². The van der Waals surface area contributed by atoms with Crippen molar-refractivity contribution in [2.45, 2.75) is 6.92 Å². The van der Waals surface area contributed by atoms with Gasteiger partial charge in [0, 0.05) is 11.5 Å². The first-order valence-corrected chi connectivity index (χ1v) is 9.88. The molecule has 0 radical (unpaired) electrons. The molecule has 5 nitrogen and oxygen atoms in total. The number of aromatic nitrogens is 3. The second-order valence-corrected chi connectivity index (χ2v) is 7.53. The molecule has 0 saturated carbocycles. The fourth-order valence-electron chi connectivity index (χ4n) is 3.83. The molecule has 5 aromatic rings. The van der Waals surface area contributed by atoms with Crippen molar-refractivity contribution in [2.75, 3.05) is 7.11 Å². The first kappa shape index (κ1) is 18.5. The number of nitrogens with zero attached hydrogens (tertiary/aromatic N) is 3. The zero-order chi connectivity index (χ0) is 20.8. The first-order valence-electron chi connectivity index (χ1n) is 9.50. The second-order valence-electron chi connectivity index (χ2n) is 7.12. The molecule has 0 spiro atoms. The molecule has 6 heteroatoms. The van der Waals surface area contributed by atoms with E-state index in [0.717, 1.165) is 22.0 Å². The number of methoxy groups -OCH3 is 1. The molecule has 3 aromatic carbocycles. The molecule has 30 heavy (non-hydrogen) atoms. The Hall–Kier alpha value is -3.57. The third kappa shape index (κ3) is 2.78. The summed E-state index contributed by atoms with van der Waals surface area (Å²) in [5.41, 5.74) is 4.48. The quantitative estimate of drug-likeness (QED) is 0.401. The highest BCUT2D eigenvalue weighted by Gasteiger charge is 2.20. The van der Waals surface area contributed by atoms with Crippen LogP contribution in [-0.2, 0) is 0 Å². The number of ether oxygens (including phenoxy) is 1. The molecule has 2 heterocycles. The number of hydrogen-bond acceptors (Lipinski definition) is 3. The van der Waals surface area contributed by atoms with Crippen LogP contribution in [0.4, 0.5) is 0 Å². The van der Waals surface area contributed by atoms with Gasteiger partial charge in [-0.3, -0.25) is 14.1 Å². The number of benzene rings is 3. The molecule has 0 aliphatic rings. The lowest BCUT2D eigenvalue weighted by atomic mass is 10.1. The number of rotatable bonds is 3. The van der Waals surface area contributed by atoms with Gasteiger partial charge in [-0.25, -0.2) is 4.79 Å². The number of fused-ring (bicyclic) bond motifs is 3. The van der Waals surface area contributed by atoms with Gasteiger partial charge in [0.1, 0.15) is 5.75 Å². The molecule has 0 N–H and O–H groups in total. The lowest BCUT2D eigenvalue weighted by Crippen LogP contribution is -2.22. The van der Waals surface area contributed by atoms with Gasteiger partial charge in [-0.2, -0.15) is 0 Å². The standard InChI is InChI=1S/C24H18ClN3O2/c1-15-10-11-20-18(12-15)23-22(14-26-20)27(16-6-5-7-17(13-16)30-2)24(29)28(23)21-9-4-3-8-19(21)25/h3-14H,1-2H3. The Morgan fingerprint density at radius 3 is 2.60 bits per heavy atom. The predicted octanol–water partition coefficient (Wildman–Crippen LogP) is 5.30. The van der Waals surface area contributed by atoms with Crippen molar-refractivity contribution in [1.82, 2.24) is 14.1 Å². The number of imidazole rings is 1. The molecule has 0 amide bonds. The molecule has 0 aliphatic heterocycles. The van der Waals surface area contributed by atoms with Gasteiger partial charge < -0.3 is 4.74 Å². The number of halogens is 1. The van der Waals surface area contributed by atoms with E-state index in [2.05, 4.69) is 4.98 Å². The summed E-state index contributed by atoms with van der Waals surface area (Å²) in [5.74, 6) is 0.669. The van der Waals surface area contributed by atoms with Crippen LogP contribution in [0.2, 0.25) is 5.02 Å². The zero-order valence-electron chi connectivity index (χ0n) is 16.5. The van der Waals surface area contributed by atoms with E-state index >= 15 is 0 Å². The minimum Gasteiger partial charge on any atom is -0.497 e. The van der Waals surface area contributed by atoms with E-state index in [4.69, 9.17) is 16.3 Å². The predicted molar refractivity (Wildman–Crippen MR) is 120 cm³/mol. The molecular weight excluding hydrogens is 398 g/mol. The molecule has 2 aromatic heterocycles. The lowest BCUT2D eigenvalue weighted by molar-refractivity contribution is 0.414. The minimum absolute atomic E-state index is 0.220. The molecule has 5 rings (SSSR count). The van der Waals surface area contributed by atoms with Crippen LogP contribution in [0.1, 0.15) is 5.56 Å². The summed E-state index contributed by atoms with van der Waals surface area (Å²) in [5, 5.41) is 1.40. The summed E-state index contributed by atoms with van der Waals surface area (Å²) in [6.45, 7) is 2.02. The maximum atomic E-state index is 13.8. The topological polar surface area (TPSA) is 49.0 Å². The molecule has 0 unspecified atom stereocenters. The minimum atomic E-state index is -0.220. The van der Waals surface area contributed by atoms with E-state index in [-0.39, 0.29) is 5.69 Å². The van der Waals surface area contributed by atoms with Crippen molar-refractivity contribution in [3.05, 3.63) is 94.0 Å². The Bertz CT molecular complexity index is 1480. The monoisotopic (exact) mass is 415 g/mol. The molecular formula is C24H18ClN3O2. The van der Waals surface area contributed by atoms with Gasteiger partial charge in [0.15, 0.2) is 0 Å². The Kier molecular flexibility index (Phi) is 4.33. The van der Waals surface area contributed by atoms with E-state index < -0.39 is 0 Å². The van der Waals surface area contributed by atoms with Crippen LogP contribution in [0.15, 0.2) is 77.7 Å². The smallest absolute Gasteiger partial charge is 0.338 e. The van der Waals surface area contributed by atoms with Crippen LogP contribution < -0.4 is 10.4 Å². The van der Waals surface area contributed by atoms with E-state index in [1.807, 2.05) is 67.6 Å². The maximum Gasteiger partial charge on any atom is 0.338 e. The summed E-state index contributed by atoms with van der Waals surface area (Å²) in [6.07, 6.45) is 1.74. The number of aryl methyl sites for hydroxylation is 1. The van der Waals surface area contributed by atoms with Gasteiger partial charge in [0.25, 0.3) is 0 Å². The maximum absolute atomic E-state index is 13.8. The molecule has 0 saturated heterocycles. The third-order valence-corrected chi connectivity index (χ3v) is 5.55. The van der Waals surface area contributed by atoms with Gasteiger partial charge in [-0.15, -0.1) is 0 Å². The summed E-state index contributed by atoms with van der Waals surface area (Å²) in [4.78, 5) is 18.4. The van der Waals surface area contributed by atoms with E-state index in [0.29, 0.717) is 27.7 Å². The van der Waals surface area contributed by atoms with Crippen LogP contribution in [0, 0.1) is 6.92 Å². The Morgan fingerprint density at radius 2 is 1.80 bits per heavy atom. The Morgan fingerprint density at radius 1 is 0.967 bits per heavy atom. The van der Waals surface area contributed by atoms with E-state index in [9.17, 15) is 4.79 Å². The van der Waals surface area contributed by atoms with Crippen LogP contribution in [0.3, 0.4) is 0 Å². The molecule has 0 aliphatic carbocycles. The first-order chi connectivity index (χ1) is 14.6. The van der Waals surface area contributed by atoms with E-state index in [1.54, 1.807) is 28.5 Å². The van der Waals surface area contributed by atoms with Crippen LogP contribution in [0.25, 0.3) is 33.3 Å². The van der Waals surface area contributed by atoms with Crippen molar-refractivity contribution in [3.8, 4) is 17.1 Å². The summed E-state index contributed by atoms with van der Waals surface area (Å²) >= 11 is 6.51. The number of para-hydroxylation sites is 1. The highest BCUT2D eigenvalue weighted by Crippen LogP contribution is 2.30. The van der Waals surface area contributed by atoms with Gasteiger partial charge in [-0.1, -0.05) is 41.4 Å². The van der Waals surface area contributed by atoms with Crippen LogP contribution in [0.5, 0.6) is 5.75 Å². The summed E-state index contributed by atoms with van der Waals surface area (Å²) in [7, 11) is 1.60. The SMILES string of the molecule is COc1cccc(-n2c(=O)n(-c3ccccc3Cl)c3c4cc(C)ccc4ncc32)c1. The number of pyridine rings is 1. The Balaban J connectivity index is 1.99. The normalized spacial score (nSPS) is 11.3. The van der Waals surface area contributed by atoms with Crippen LogP contribution in [-0.4, -0.2) is 21.2 Å². The van der Waals surface area contributed by atoms with Crippen molar-refractivity contribution in [2.24, 2.45) is 0 Å². The fraction of sp³-hybridized carbons (Fsp3) is 0.0833. The summed E-state index contributed by atoms with van der Waals surface area (Å²) in [6, 6.07) is 20.8. The Labute approximate surface area is 177 Å². The summed E-state index contributed by atoms with van der Waals surface area (Å²) < 4.78 is 8.68. The lowest BCUT2D eigenvalue weighted by Gasteiger charge is -2.08. The molecule has 148 valence electrons. The third-order valence-electron chi connectivity index (χ3n) is 5.23. The van der Waals surface area contributed by atoms with Crippen LogP contribution >= 0.6 is 11.6 Å². The highest BCUT2D eigenvalue weighted by molar-refractivity contribution is 6.32. The number of hydrogen-bond donors (Lipinski definition) is 0.